The van der Waals surface area contributed by atoms with Gasteiger partial charge in [0.2, 0.25) is 5.91 Å². The van der Waals surface area contributed by atoms with E-state index in [2.05, 4.69) is 0 Å². The third kappa shape index (κ3) is 3.47. The second-order valence-corrected chi connectivity index (χ2v) is 6.93. The van der Waals surface area contributed by atoms with Crippen molar-refractivity contribution < 1.29 is 4.79 Å². The number of nitrogens with zero attached hydrogens (tertiary/aromatic N) is 3. The quantitative estimate of drug-likeness (QED) is 0.662. The van der Waals surface area contributed by atoms with E-state index in [1.165, 1.54) is 4.57 Å². The first-order valence-electron chi connectivity index (χ1n) is 9.17. The molecule has 3 aromatic rings. The molecule has 0 fully saturated rings. The Morgan fingerprint density at radius 1 is 1.07 bits per heavy atom. The maximum absolute atomic E-state index is 13.2. The zero-order valence-electron chi connectivity index (χ0n) is 16.1. The first-order chi connectivity index (χ1) is 13.4. The molecule has 3 rings (SSSR count). The fourth-order valence-corrected chi connectivity index (χ4v) is 3.41. The van der Waals surface area contributed by atoms with Crippen molar-refractivity contribution in [3.63, 3.8) is 0 Å². The van der Waals surface area contributed by atoms with Gasteiger partial charge in [-0.2, -0.15) is 0 Å². The number of rotatable bonds is 5. The van der Waals surface area contributed by atoms with Crippen LogP contribution in [-0.4, -0.2) is 33.0 Å². The first kappa shape index (κ1) is 19.9. The van der Waals surface area contributed by atoms with Gasteiger partial charge in [0.15, 0.2) is 0 Å². The molecule has 0 saturated heterocycles. The minimum atomic E-state index is -0.566. The van der Waals surface area contributed by atoms with Gasteiger partial charge in [0.25, 0.3) is 5.56 Å². The molecule has 28 heavy (non-hydrogen) atoms. The Hall–Kier alpha value is -2.86. The lowest BCUT2D eigenvalue weighted by atomic mass is 10.2. The van der Waals surface area contributed by atoms with E-state index in [1.807, 2.05) is 20.8 Å². The fraction of sp³-hybridized carbons (Fsp3) is 0.286. The Bertz CT molecular complexity index is 1160. The van der Waals surface area contributed by atoms with Crippen molar-refractivity contribution >= 4 is 28.4 Å². The predicted octanol–water partition coefficient (Wildman–Crippen LogP) is 2.98. The molecule has 0 N–H and O–H groups in total. The Morgan fingerprint density at radius 3 is 2.39 bits per heavy atom. The second-order valence-electron chi connectivity index (χ2n) is 6.53. The smallest absolute Gasteiger partial charge is 0.336 e. The van der Waals surface area contributed by atoms with Crippen molar-refractivity contribution in [2.45, 2.75) is 27.3 Å². The summed E-state index contributed by atoms with van der Waals surface area (Å²) in [6.45, 7) is 6.58. The Morgan fingerprint density at radius 2 is 1.75 bits per heavy atom. The highest BCUT2D eigenvalue weighted by Gasteiger charge is 2.18. The van der Waals surface area contributed by atoms with Gasteiger partial charge in [-0.15, -0.1) is 0 Å². The molecule has 1 aromatic heterocycles. The van der Waals surface area contributed by atoms with Crippen molar-refractivity contribution in [2.24, 2.45) is 0 Å². The molecule has 7 heteroatoms. The zero-order chi connectivity index (χ0) is 20.4. The highest BCUT2D eigenvalue weighted by molar-refractivity contribution is 6.31. The van der Waals surface area contributed by atoms with Gasteiger partial charge in [-0.3, -0.25) is 14.2 Å². The van der Waals surface area contributed by atoms with Crippen molar-refractivity contribution in [1.29, 1.82) is 0 Å². The van der Waals surface area contributed by atoms with Gasteiger partial charge in [0.1, 0.15) is 6.54 Å². The van der Waals surface area contributed by atoms with Crippen LogP contribution < -0.4 is 11.2 Å². The number of hydrogen-bond donors (Lipinski definition) is 0. The molecule has 0 aliphatic rings. The number of benzene rings is 2. The number of halogens is 1. The zero-order valence-corrected chi connectivity index (χ0v) is 16.9. The van der Waals surface area contributed by atoms with Crippen LogP contribution in [0.2, 0.25) is 5.02 Å². The lowest BCUT2D eigenvalue weighted by Crippen LogP contribution is -2.42. The summed E-state index contributed by atoms with van der Waals surface area (Å²) >= 11 is 6.20. The lowest BCUT2D eigenvalue weighted by Gasteiger charge is -2.20. The number of hydrogen-bond acceptors (Lipinski definition) is 3. The minimum Gasteiger partial charge on any atom is -0.342 e. The summed E-state index contributed by atoms with van der Waals surface area (Å²) in [5.41, 5.74) is 0.653. The minimum absolute atomic E-state index is 0.138. The normalized spacial score (nSPS) is 11.0. The highest BCUT2D eigenvalue weighted by Crippen LogP contribution is 2.18. The average molecular weight is 400 g/mol. The van der Waals surface area contributed by atoms with Crippen LogP contribution in [0.5, 0.6) is 0 Å². The van der Waals surface area contributed by atoms with E-state index in [4.69, 9.17) is 11.6 Å². The number of para-hydroxylation sites is 1. The molecule has 0 saturated carbocycles. The molecule has 0 aliphatic heterocycles. The molecule has 0 bridgehead atoms. The van der Waals surface area contributed by atoms with Crippen LogP contribution in [0.25, 0.3) is 16.6 Å². The molecular weight excluding hydrogens is 378 g/mol. The largest absolute Gasteiger partial charge is 0.342 e. The molecule has 1 amide bonds. The van der Waals surface area contributed by atoms with E-state index in [0.29, 0.717) is 34.7 Å². The van der Waals surface area contributed by atoms with Crippen LogP contribution in [0.4, 0.5) is 0 Å². The monoisotopic (exact) mass is 399 g/mol. The summed E-state index contributed by atoms with van der Waals surface area (Å²) < 4.78 is 2.42. The van der Waals surface area contributed by atoms with Crippen LogP contribution in [0.1, 0.15) is 19.4 Å². The summed E-state index contributed by atoms with van der Waals surface area (Å²) in [6, 6.07) is 11.8. The maximum Gasteiger partial charge on any atom is 0.336 e. The molecular formula is C21H22ClN3O3. The SMILES string of the molecule is CCN(CC)C(=O)Cn1c(=O)n(-c2ccc(C)c(Cl)c2)c(=O)c2ccccc21. The van der Waals surface area contributed by atoms with Crippen LogP contribution in [0.15, 0.2) is 52.1 Å². The number of amides is 1. The van der Waals surface area contributed by atoms with Gasteiger partial charge in [0, 0.05) is 18.1 Å². The van der Waals surface area contributed by atoms with E-state index in [-0.39, 0.29) is 12.5 Å². The van der Waals surface area contributed by atoms with Crippen molar-refractivity contribution in [3.05, 3.63) is 73.9 Å². The second kappa shape index (κ2) is 8.02. The lowest BCUT2D eigenvalue weighted by molar-refractivity contribution is -0.131. The molecule has 0 atom stereocenters. The Balaban J connectivity index is 2.29. The van der Waals surface area contributed by atoms with E-state index in [0.717, 1.165) is 10.1 Å². The number of carbonyl (C=O) groups is 1. The van der Waals surface area contributed by atoms with Crippen LogP contribution in [-0.2, 0) is 11.3 Å². The highest BCUT2D eigenvalue weighted by atomic mass is 35.5. The van der Waals surface area contributed by atoms with E-state index in [1.54, 1.807) is 47.4 Å². The maximum atomic E-state index is 13.2. The molecule has 0 spiro atoms. The summed E-state index contributed by atoms with van der Waals surface area (Å²) in [5, 5.41) is 0.828. The van der Waals surface area contributed by atoms with Gasteiger partial charge in [-0.1, -0.05) is 29.8 Å². The molecule has 146 valence electrons. The Labute approximate surface area is 167 Å². The van der Waals surface area contributed by atoms with Crippen molar-refractivity contribution in [3.8, 4) is 5.69 Å². The van der Waals surface area contributed by atoms with E-state index < -0.39 is 11.2 Å². The third-order valence-electron chi connectivity index (χ3n) is 4.87. The topological polar surface area (TPSA) is 64.3 Å². The average Bonchev–Trinajstić information content (AvgIpc) is 2.69. The summed E-state index contributed by atoms with van der Waals surface area (Å²) in [4.78, 5) is 40.6. The number of aryl methyl sites for hydroxylation is 1. The van der Waals surface area contributed by atoms with Crippen LogP contribution in [0, 0.1) is 6.92 Å². The van der Waals surface area contributed by atoms with Gasteiger partial charge in [0.05, 0.1) is 16.6 Å². The van der Waals surface area contributed by atoms with Crippen molar-refractivity contribution in [2.75, 3.05) is 13.1 Å². The third-order valence-corrected chi connectivity index (χ3v) is 5.28. The van der Waals surface area contributed by atoms with Crippen molar-refractivity contribution in [1.82, 2.24) is 14.0 Å². The van der Waals surface area contributed by atoms with Gasteiger partial charge in [-0.25, -0.2) is 9.36 Å². The number of likely N-dealkylation sites (N-methyl/N-ethyl adjacent to an activating group) is 1. The summed E-state index contributed by atoms with van der Waals surface area (Å²) in [7, 11) is 0. The van der Waals surface area contributed by atoms with Gasteiger partial charge < -0.3 is 4.90 Å². The van der Waals surface area contributed by atoms with Gasteiger partial charge >= 0.3 is 5.69 Å². The van der Waals surface area contributed by atoms with Crippen LogP contribution in [0.3, 0.4) is 0 Å². The molecule has 1 heterocycles. The molecule has 2 aromatic carbocycles. The standard InChI is InChI=1S/C21H22ClN3O3/c1-4-23(5-2)19(26)13-24-18-9-7-6-8-16(18)20(27)25(21(24)28)15-11-10-14(3)17(22)12-15/h6-12H,4-5,13H2,1-3H3. The molecule has 0 aliphatic carbocycles. The number of aromatic nitrogens is 2. The molecule has 0 unspecified atom stereocenters. The number of carbonyl (C=O) groups excluding carboxylic acids is 1. The fourth-order valence-electron chi connectivity index (χ4n) is 3.23. The first-order valence-corrected chi connectivity index (χ1v) is 9.55. The van der Waals surface area contributed by atoms with Gasteiger partial charge in [-0.05, 0) is 50.6 Å². The van der Waals surface area contributed by atoms with E-state index in [9.17, 15) is 14.4 Å². The summed E-state index contributed by atoms with van der Waals surface area (Å²) in [6.07, 6.45) is 0. The number of fused-ring (bicyclic) bond motifs is 1. The van der Waals surface area contributed by atoms with Crippen LogP contribution >= 0.6 is 11.6 Å². The summed E-state index contributed by atoms with van der Waals surface area (Å²) in [5.74, 6) is -0.176. The molecule has 6 nitrogen and oxygen atoms in total. The van der Waals surface area contributed by atoms with E-state index >= 15 is 0 Å². The predicted molar refractivity (Wildman–Crippen MR) is 111 cm³/mol. The molecule has 0 radical (unpaired) electrons. The Kier molecular flexibility index (Phi) is 5.70.